The molecule has 3 aromatic rings. The first-order chi connectivity index (χ1) is 22.4. The zero-order valence-corrected chi connectivity index (χ0v) is 25.9. The normalized spacial score (nSPS) is 24.4. The first-order valence-electron chi connectivity index (χ1n) is 15.4. The smallest absolute Gasteiger partial charge is 0.264 e. The number of hydrogen-bond donors (Lipinski definition) is 0. The average molecular weight is 619 g/mol. The minimum atomic E-state index is -0.995. The fourth-order valence-corrected chi connectivity index (χ4v) is 6.76. The van der Waals surface area contributed by atoms with Crippen molar-refractivity contribution in [2.45, 2.75) is 44.3 Å². The highest BCUT2D eigenvalue weighted by molar-refractivity contribution is 6.25. The van der Waals surface area contributed by atoms with Crippen LogP contribution in [0.2, 0.25) is 0 Å². The molecule has 0 bridgehead atoms. The zero-order valence-electron chi connectivity index (χ0n) is 25.9. The molecule has 11 heteroatoms. The van der Waals surface area contributed by atoms with E-state index < -0.39 is 23.9 Å². The van der Waals surface area contributed by atoms with Crippen LogP contribution in [0, 0.1) is 12.8 Å². The molecule has 0 N–H and O–H groups in total. The molecule has 1 saturated heterocycles. The lowest BCUT2D eigenvalue weighted by Crippen LogP contribution is -2.45. The van der Waals surface area contributed by atoms with Crippen molar-refractivity contribution in [2.24, 2.45) is 21.4 Å². The van der Waals surface area contributed by atoms with E-state index >= 15 is 0 Å². The Balaban J connectivity index is 1.18. The van der Waals surface area contributed by atoms with Crippen LogP contribution in [-0.2, 0) is 14.4 Å². The van der Waals surface area contributed by atoms with E-state index in [9.17, 15) is 14.4 Å². The third-order valence-electron chi connectivity index (χ3n) is 9.12. The molecule has 4 atom stereocenters. The number of anilines is 1. The number of allylic oxidation sites excluding steroid dienone is 1. The number of hydrazone groups is 1. The summed E-state index contributed by atoms with van der Waals surface area (Å²) in [5.41, 5.74) is 5.41. The molecule has 3 heterocycles. The van der Waals surface area contributed by atoms with Crippen molar-refractivity contribution in [3.8, 4) is 11.5 Å². The third kappa shape index (κ3) is 5.11. The van der Waals surface area contributed by atoms with Gasteiger partial charge in [-0.15, -0.1) is 0 Å². The van der Waals surface area contributed by atoms with Gasteiger partial charge in [0.2, 0.25) is 0 Å². The molecular weight excluding hydrogens is 584 g/mol. The molecule has 11 nitrogen and oxygen atoms in total. The summed E-state index contributed by atoms with van der Waals surface area (Å²) >= 11 is 0. The Hall–Kier alpha value is -5.32. The number of rotatable bonds is 7. The summed E-state index contributed by atoms with van der Waals surface area (Å²) < 4.78 is 10.7. The van der Waals surface area contributed by atoms with Crippen molar-refractivity contribution < 1.29 is 23.9 Å². The van der Waals surface area contributed by atoms with Gasteiger partial charge < -0.3 is 9.47 Å². The topological polar surface area (TPSA) is 116 Å². The summed E-state index contributed by atoms with van der Waals surface area (Å²) in [6.45, 7) is 1.68. The fraction of sp³-hybridized carbons (Fsp3) is 0.314. The lowest BCUT2D eigenvalue weighted by Gasteiger charge is -2.30. The molecule has 1 aliphatic carbocycles. The first kappa shape index (κ1) is 29.4. The highest BCUT2D eigenvalue weighted by Crippen LogP contribution is 2.45. The van der Waals surface area contributed by atoms with Crippen LogP contribution in [0.3, 0.4) is 0 Å². The molecule has 46 heavy (non-hydrogen) atoms. The minimum absolute atomic E-state index is 0.0183. The third-order valence-corrected chi connectivity index (χ3v) is 9.12. The second kappa shape index (κ2) is 11.9. The Bertz CT molecular complexity index is 1770. The van der Waals surface area contributed by atoms with E-state index in [0.717, 1.165) is 63.6 Å². The molecule has 3 amide bonds. The Morgan fingerprint density at radius 1 is 0.891 bits per heavy atom. The molecule has 7 rings (SSSR count). The largest absolute Gasteiger partial charge is 0.497 e. The first-order valence-corrected chi connectivity index (χ1v) is 15.4. The lowest BCUT2D eigenvalue weighted by atomic mass is 9.77. The number of carbonyl (C=O) groups excluding carboxylic acids is 3. The molecule has 0 spiro atoms. The van der Waals surface area contributed by atoms with Crippen LogP contribution in [0.25, 0.3) is 6.08 Å². The number of methoxy groups -OCH3 is 2. The predicted molar refractivity (Wildman–Crippen MR) is 171 cm³/mol. The van der Waals surface area contributed by atoms with Crippen LogP contribution in [0.15, 0.2) is 93.8 Å². The van der Waals surface area contributed by atoms with Gasteiger partial charge in [-0.3, -0.25) is 19.4 Å². The maximum atomic E-state index is 14.2. The van der Waals surface area contributed by atoms with Crippen LogP contribution in [-0.4, -0.2) is 66.3 Å². The monoisotopic (exact) mass is 618 g/mol. The molecule has 4 aliphatic rings. The van der Waals surface area contributed by atoms with Crippen molar-refractivity contribution in [2.75, 3.05) is 25.7 Å². The fourth-order valence-electron chi connectivity index (χ4n) is 6.76. The Kier molecular flexibility index (Phi) is 7.59. The van der Waals surface area contributed by atoms with Crippen LogP contribution >= 0.6 is 0 Å². The Labute approximate surface area is 266 Å². The number of amides is 3. The number of nitrogens with zero attached hydrogens (tertiary/aromatic N) is 6. The van der Waals surface area contributed by atoms with Crippen molar-refractivity contribution in [1.29, 1.82) is 0 Å². The van der Waals surface area contributed by atoms with Gasteiger partial charge in [-0.25, -0.2) is 9.91 Å². The molecule has 234 valence electrons. The maximum Gasteiger partial charge on any atom is 0.264 e. The van der Waals surface area contributed by atoms with Gasteiger partial charge in [0, 0.05) is 5.92 Å². The minimum Gasteiger partial charge on any atom is -0.497 e. The van der Waals surface area contributed by atoms with Gasteiger partial charge in [-0.05, 0) is 85.4 Å². The van der Waals surface area contributed by atoms with Crippen LogP contribution in [0.1, 0.15) is 42.0 Å². The van der Waals surface area contributed by atoms with E-state index in [-0.39, 0.29) is 24.4 Å². The summed E-state index contributed by atoms with van der Waals surface area (Å²) in [5.74, 6) is 0.249. The highest BCUT2D eigenvalue weighted by Gasteiger charge is 2.55. The molecule has 0 unspecified atom stereocenters. The van der Waals surface area contributed by atoms with E-state index in [4.69, 9.17) is 14.6 Å². The van der Waals surface area contributed by atoms with Gasteiger partial charge in [0.05, 0.1) is 31.7 Å². The Morgan fingerprint density at radius 2 is 1.57 bits per heavy atom. The van der Waals surface area contributed by atoms with Crippen LogP contribution < -0.4 is 14.4 Å². The average Bonchev–Trinajstić information content (AvgIpc) is 3.75. The molecule has 0 aromatic heterocycles. The van der Waals surface area contributed by atoms with Crippen molar-refractivity contribution in [3.63, 3.8) is 0 Å². The molecule has 3 aromatic carbocycles. The number of carbonyl (C=O) groups is 3. The van der Waals surface area contributed by atoms with Crippen molar-refractivity contribution >= 4 is 35.2 Å². The van der Waals surface area contributed by atoms with E-state index in [2.05, 4.69) is 16.4 Å². The summed E-state index contributed by atoms with van der Waals surface area (Å²) in [6, 6.07) is 20.4. The Morgan fingerprint density at radius 3 is 2.24 bits per heavy atom. The SMILES string of the molecule is COc1ccc(/C=C2/CCC[C@@H]3C2=NN(C(=O)CN2N=N[C@@H]4C(=O)N(c5ccc(C)cc5)C(=O)[C@@H]42)[C@H]3c2ccc(OC)cc2)cc1. The highest BCUT2D eigenvalue weighted by atomic mass is 16.5. The van der Waals surface area contributed by atoms with Crippen molar-refractivity contribution in [3.05, 3.63) is 95.1 Å². The van der Waals surface area contributed by atoms with Gasteiger partial charge in [-0.1, -0.05) is 47.2 Å². The molecular formula is C35H34N6O5. The van der Waals surface area contributed by atoms with Crippen LogP contribution in [0.4, 0.5) is 5.69 Å². The number of fused-ring (bicyclic) bond motifs is 2. The van der Waals surface area contributed by atoms with Crippen LogP contribution in [0.5, 0.6) is 11.5 Å². The molecule has 3 aliphatic heterocycles. The van der Waals surface area contributed by atoms with Crippen molar-refractivity contribution in [1.82, 2.24) is 10.0 Å². The second-order valence-electron chi connectivity index (χ2n) is 11.9. The predicted octanol–water partition coefficient (Wildman–Crippen LogP) is 5.13. The van der Waals surface area contributed by atoms with Gasteiger partial charge in [0.1, 0.15) is 18.0 Å². The maximum absolute atomic E-state index is 14.2. The number of aryl methyl sites for hydroxylation is 1. The molecule has 0 radical (unpaired) electrons. The number of imide groups is 1. The van der Waals surface area contributed by atoms with Gasteiger partial charge in [0.25, 0.3) is 17.7 Å². The summed E-state index contributed by atoms with van der Waals surface area (Å²) in [5, 5.41) is 16.1. The summed E-state index contributed by atoms with van der Waals surface area (Å²) in [6.07, 6.45) is 4.79. The number of ether oxygens (including phenoxy) is 2. The van der Waals surface area contributed by atoms with E-state index in [1.54, 1.807) is 26.4 Å². The van der Waals surface area contributed by atoms with Gasteiger partial charge in [0.15, 0.2) is 12.1 Å². The summed E-state index contributed by atoms with van der Waals surface area (Å²) in [7, 11) is 3.26. The molecule has 2 fully saturated rings. The number of hydrogen-bond acceptors (Lipinski definition) is 9. The van der Waals surface area contributed by atoms with Gasteiger partial charge >= 0.3 is 0 Å². The van der Waals surface area contributed by atoms with E-state index in [1.807, 2.05) is 67.6 Å². The van der Waals surface area contributed by atoms with E-state index in [0.29, 0.717) is 5.69 Å². The summed E-state index contributed by atoms with van der Waals surface area (Å²) in [4.78, 5) is 42.1. The zero-order chi connectivity index (χ0) is 31.9. The second-order valence-corrected chi connectivity index (χ2v) is 11.9. The van der Waals surface area contributed by atoms with E-state index in [1.165, 1.54) is 10.0 Å². The molecule has 1 saturated carbocycles. The van der Waals surface area contributed by atoms with Gasteiger partial charge in [-0.2, -0.15) is 10.2 Å². The quantitative estimate of drug-likeness (QED) is 0.339. The number of benzene rings is 3. The standard InChI is InChI=1S/C35H34N6O5/c1-21-7-13-25(14-8-21)40-34(43)31-33(35(40)44)39(38-36-31)20-29(42)41-32(23-11-17-27(46-3)18-12-23)28-6-4-5-24(30(28)37-41)19-22-9-15-26(45-2)16-10-22/h7-19,28,31-33H,4-6,20H2,1-3H3/b24-19-/t28-,31+,32+,33-/m1/s1. The lowest BCUT2D eigenvalue weighted by molar-refractivity contribution is -0.136.